The first-order chi connectivity index (χ1) is 8.13. The standard InChI is InChI=1S/C11H17N3O2S/c1-2-12-10-13-6-8(17-10)9(15)14-7-11(16)4-3-5-11/h6,16H,2-5,7H2,1H3,(H,12,13)(H,14,15). The summed E-state index contributed by atoms with van der Waals surface area (Å²) in [6.07, 6.45) is 4.15. The maximum Gasteiger partial charge on any atom is 0.263 e. The number of aliphatic hydroxyl groups is 1. The van der Waals surface area contributed by atoms with Crippen LogP contribution in [0.1, 0.15) is 35.9 Å². The van der Waals surface area contributed by atoms with Crippen LogP contribution in [-0.4, -0.2) is 34.7 Å². The number of hydrogen-bond donors (Lipinski definition) is 3. The van der Waals surface area contributed by atoms with Crippen LogP contribution >= 0.6 is 11.3 Å². The van der Waals surface area contributed by atoms with E-state index in [0.717, 1.165) is 30.9 Å². The largest absolute Gasteiger partial charge is 0.388 e. The number of nitrogens with one attached hydrogen (secondary N) is 2. The number of carbonyl (C=O) groups is 1. The van der Waals surface area contributed by atoms with E-state index in [4.69, 9.17) is 0 Å². The van der Waals surface area contributed by atoms with Gasteiger partial charge in [0.05, 0.1) is 11.8 Å². The molecule has 1 aliphatic carbocycles. The smallest absolute Gasteiger partial charge is 0.263 e. The molecule has 3 N–H and O–H groups in total. The van der Waals surface area contributed by atoms with Gasteiger partial charge in [0.1, 0.15) is 4.88 Å². The van der Waals surface area contributed by atoms with Crippen molar-refractivity contribution in [2.45, 2.75) is 31.8 Å². The van der Waals surface area contributed by atoms with Crippen LogP contribution in [0.3, 0.4) is 0 Å². The summed E-state index contributed by atoms with van der Waals surface area (Å²) in [5.74, 6) is -0.160. The topological polar surface area (TPSA) is 74.2 Å². The summed E-state index contributed by atoms with van der Waals surface area (Å²) in [7, 11) is 0. The minimum Gasteiger partial charge on any atom is -0.388 e. The zero-order valence-corrected chi connectivity index (χ0v) is 10.6. The molecule has 0 radical (unpaired) electrons. The zero-order valence-electron chi connectivity index (χ0n) is 9.82. The molecule has 17 heavy (non-hydrogen) atoms. The van der Waals surface area contributed by atoms with Crippen LogP contribution in [0.25, 0.3) is 0 Å². The Balaban J connectivity index is 1.85. The molecule has 0 bridgehead atoms. The fourth-order valence-corrected chi connectivity index (χ4v) is 2.51. The second-order valence-corrected chi connectivity index (χ2v) is 5.35. The molecule has 0 aromatic carbocycles. The molecule has 1 amide bonds. The molecule has 0 aliphatic heterocycles. The molecule has 1 aliphatic rings. The van der Waals surface area contributed by atoms with Crippen molar-refractivity contribution < 1.29 is 9.90 Å². The van der Waals surface area contributed by atoms with Gasteiger partial charge in [0.25, 0.3) is 5.91 Å². The van der Waals surface area contributed by atoms with E-state index in [2.05, 4.69) is 15.6 Å². The van der Waals surface area contributed by atoms with E-state index < -0.39 is 5.60 Å². The summed E-state index contributed by atoms with van der Waals surface area (Å²) >= 11 is 1.33. The lowest BCUT2D eigenvalue weighted by molar-refractivity contribution is -0.0300. The fraction of sp³-hybridized carbons (Fsp3) is 0.636. The Hall–Kier alpha value is -1.14. The Kier molecular flexibility index (Phi) is 3.63. The van der Waals surface area contributed by atoms with Crippen molar-refractivity contribution in [1.29, 1.82) is 0 Å². The third-order valence-corrected chi connectivity index (χ3v) is 3.87. The normalized spacial score (nSPS) is 17.3. The van der Waals surface area contributed by atoms with Crippen LogP contribution < -0.4 is 10.6 Å². The Morgan fingerprint density at radius 1 is 1.65 bits per heavy atom. The van der Waals surface area contributed by atoms with E-state index in [1.807, 2.05) is 6.92 Å². The van der Waals surface area contributed by atoms with E-state index >= 15 is 0 Å². The highest BCUT2D eigenvalue weighted by Crippen LogP contribution is 2.30. The van der Waals surface area contributed by atoms with E-state index in [1.54, 1.807) is 6.20 Å². The number of anilines is 1. The van der Waals surface area contributed by atoms with E-state index in [9.17, 15) is 9.90 Å². The van der Waals surface area contributed by atoms with Crippen molar-refractivity contribution in [3.63, 3.8) is 0 Å². The SMILES string of the molecule is CCNc1ncc(C(=O)NCC2(O)CCC2)s1. The molecule has 1 aromatic rings. The van der Waals surface area contributed by atoms with Crippen molar-refractivity contribution >= 4 is 22.4 Å². The fourth-order valence-electron chi connectivity index (χ4n) is 1.71. The first kappa shape index (κ1) is 12.3. The monoisotopic (exact) mass is 255 g/mol. The number of rotatable bonds is 5. The summed E-state index contributed by atoms with van der Waals surface area (Å²) in [5, 5.41) is 16.4. The molecular formula is C11H17N3O2S. The van der Waals surface area contributed by atoms with Gasteiger partial charge in [-0.15, -0.1) is 0 Å². The van der Waals surface area contributed by atoms with Gasteiger partial charge in [-0.2, -0.15) is 0 Å². The number of hydrogen-bond acceptors (Lipinski definition) is 5. The van der Waals surface area contributed by atoms with E-state index in [0.29, 0.717) is 11.4 Å². The minimum absolute atomic E-state index is 0.160. The molecule has 1 aromatic heterocycles. The van der Waals surface area contributed by atoms with Crippen molar-refractivity contribution in [2.75, 3.05) is 18.4 Å². The summed E-state index contributed by atoms with van der Waals surface area (Å²) < 4.78 is 0. The lowest BCUT2D eigenvalue weighted by Crippen LogP contribution is -2.47. The van der Waals surface area contributed by atoms with Crippen LogP contribution in [0.15, 0.2) is 6.20 Å². The molecular weight excluding hydrogens is 238 g/mol. The van der Waals surface area contributed by atoms with Crippen molar-refractivity contribution in [3.8, 4) is 0 Å². The molecule has 0 saturated heterocycles. The predicted octanol–water partition coefficient (Wildman–Crippen LogP) is 1.22. The first-order valence-electron chi connectivity index (χ1n) is 5.83. The molecule has 0 unspecified atom stereocenters. The molecule has 0 atom stereocenters. The Morgan fingerprint density at radius 2 is 2.41 bits per heavy atom. The molecule has 6 heteroatoms. The van der Waals surface area contributed by atoms with E-state index in [1.165, 1.54) is 11.3 Å². The highest BCUT2D eigenvalue weighted by molar-refractivity contribution is 7.17. The van der Waals surface area contributed by atoms with Crippen LogP contribution in [0.5, 0.6) is 0 Å². The minimum atomic E-state index is -0.676. The average Bonchev–Trinajstić information content (AvgIpc) is 2.72. The Morgan fingerprint density at radius 3 is 3.00 bits per heavy atom. The highest BCUT2D eigenvalue weighted by Gasteiger charge is 2.34. The average molecular weight is 255 g/mol. The van der Waals surface area contributed by atoms with Crippen LogP contribution in [-0.2, 0) is 0 Å². The highest BCUT2D eigenvalue weighted by atomic mass is 32.1. The molecule has 1 fully saturated rings. The first-order valence-corrected chi connectivity index (χ1v) is 6.65. The van der Waals surface area contributed by atoms with Crippen LogP contribution in [0, 0.1) is 0 Å². The van der Waals surface area contributed by atoms with Crippen molar-refractivity contribution in [2.24, 2.45) is 0 Å². The van der Waals surface area contributed by atoms with Gasteiger partial charge in [0.2, 0.25) is 0 Å². The summed E-state index contributed by atoms with van der Waals surface area (Å²) in [4.78, 5) is 16.4. The van der Waals surface area contributed by atoms with Gasteiger partial charge in [-0.25, -0.2) is 4.98 Å². The van der Waals surface area contributed by atoms with Gasteiger partial charge in [-0.1, -0.05) is 11.3 Å². The number of thiazole rings is 1. The summed E-state index contributed by atoms with van der Waals surface area (Å²) in [6, 6.07) is 0. The second-order valence-electron chi connectivity index (χ2n) is 4.32. The maximum absolute atomic E-state index is 11.8. The lowest BCUT2D eigenvalue weighted by atomic mass is 9.80. The van der Waals surface area contributed by atoms with Crippen LogP contribution in [0.2, 0.25) is 0 Å². The van der Waals surface area contributed by atoms with E-state index in [-0.39, 0.29) is 5.91 Å². The zero-order chi connectivity index (χ0) is 12.3. The summed E-state index contributed by atoms with van der Waals surface area (Å²) in [6.45, 7) is 3.10. The van der Waals surface area contributed by atoms with Crippen molar-refractivity contribution in [3.05, 3.63) is 11.1 Å². The molecule has 94 valence electrons. The third kappa shape index (κ3) is 2.95. The number of carbonyl (C=O) groups excluding carboxylic acids is 1. The van der Waals surface area contributed by atoms with Crippen molar-refractivity contribution in [1.82, 2.24) is 10.3 Å². The Bertz CT molecular complexity index is 401. The molecule has 1 heterocycles. The Labute approximate surface area is 104 Å². The van der Waals surface area contributed by atoms with Gasteiger partial charge < -0.3 is 15.7 Å². The van der Waals surface area contributed by atoms with Gasteiger partial charge in [-0.3, -0.25) is 4.79 Å². The molecule has 5 nitrogen and oxygen atoms in total. The van der Waals surface area contributed by atoms with Gasteiger partial charge >= 0.3 is 0 Å². The number of amides is 1. The van der Waals surface area contributed by atoms with Gasteiger partial charge in [-0.05, 0) is 26.2 Å². The quantitative estimate of drug-likeness (QED) is 0.739. The van der Waals surface area contributed by atoms with Gasteiger partial charge in [0, 0.05) is 13.1 Å². The molecule has 0 spiro atoms. The molecule has 1 saturated carbocycles. The second kappa shape index (κ2) is 5.01. The van der Waals surface area contributed by atoms with Crippen LogP contribution in [0.4, 0.5) is 5.13 Å². The lowest BCUT2D eigenvalue weighted by Gasteiger charge is -2.36. The maximum atomic E-state index is 11.8. The van der Waals surface area contributed by atoms with Gasteiger partial charge in [0.15, 0.2) is 5.13 Å². The summed E-state index contributed by atoms with van der Waals surface area (Å²) in [5.41, 5.74) is -0.676. The number of nitrogens with zero attached hydrogens (tertiary/aromatic N) is 1. The third-order valence-electron chi connectivity index (χ3n) is 2.92. The molecule has 2 rings (SSSR count). The number of aromatic nitrogens is 1. The predicted molar refractivity (Wildman–Crippen MR) is 67.4 cm³/mol.